The second-order valence-corrected chi connectivity index (χ2v) is 8.43. The van der Waals surface area contributed by atoms with Gasteiger partial charge in [-0.25, -0.2) is 4.98 Å². The van der Waals surface area contributed by atoms with Crippen LogP contribution in [0.2, 0.25) is 0 Å². The molecule has 2 heterocycles. The number of aryl methyl sites for hydroxylation is 1. The highest BCUT2D eigenvalue weighted by atomic mass is 16.5. The van der Waals surface area contributed by atoms with Gasteiger partial charge in [-0.15, -0.1) is 0 Å². The SMILES string of the molecule is CCOc1c(/C(C)=C/C(=O)Nc2ccccn2)cc2c(-c3ccc4ccccc4c3)coc2c1C. The molecule has 0 radical (unpaired) electrons. The molecule has 174 valence electrons. The van der Waals surface area contributed by atoms with Gasteiger partial charge in [0.1, 0.15) is 17.2 Å². The van der Waals surface area contributed by atoms with Crippen LogP contribution in [0.3, 0.4) is 0 Å². The standard InChI is InChI=1S/C30H26N2O3/c1-4-34-29-20(3)30-25(17-24(29)19(2)15-28(33)32-27-11-7-8-14-31-27)26(18-35-30)23-13-12-21-9-5-6-10-22(21)16-23/h5-18H,4H2,1-3H3,(H,31,32,33)/b19-15+. The minimum absolute atomic E-state index is 0.247. The van der Waals surface area contributed by atoms with E-state index < -0.39 is 0 Å². The van der Waals surface area contributed by atoms with Crippen LogP contribution in [0.4, 0.5) is 5.82 Å². The lowest BCUT2D eigenvalue weighted by Crippen LogP contribution is -2.10. The third-order valence-corrected chi connectivity index (χ3v) is 6.08. The molecule has 0 aliphatic carbocycles. The van der Waals surface area contributed by atoms with Crippen molar-refractivity contribution in [3.05, 3.63) is 96.4 Å². The van der Waals surface area contributed by atoms with Gasteiger partial charge in [0, 0.05) is 34.3 Å². The number of carbonyl (C=O) groups is 1. The quantitative estimate of drug-likeness (QED) is 0.267. The maximum Gasteiger partial charge on any atom is 0.249 e. The summed E-state index contributed by atoms with van der Waals surface area (Å²) in [7, 11) is 0. The molecule has 0 bridgehead atoms. The third-order valence-electron chi connectivity index (χ3n) is 6.08. The smallest absolute Gasteiger partial charge is 0.249 e. The van der Waals surface area contributed by atoms with E-state index in [2.05, 4.69) is 46.7 Å². The lowest BCUT2D eigenvalue weighted by Gasteiger charge is -2.15. The maximum absolute atomic E-state index is 12.7. The number of benzene rings is 3. The van der Waals surface area contributed by atoms with Crippen LogP contribution in [-0.4, -0.2) is 17.5 Å². The number of allylic oxidation sites excluding steroid dienone is 1. The summed E-state index contributed by atoms with van der Waals surface area (Å²) < 4.78 is 12.1. The fraction of sp³-hybridized carbons (Fsp3) is 0.133. The molecule has 0 fully saturated rings. The molecule has 0 spiro atoms. The van der Waals surface area contributed by atoms with Crippen molar-refractivity contribution in [1.82, 2.24) is 4.98 Å². The molecule has 1 N–H and O–H groups in total. The molecule has 35 heavy (non-hydrogen) atoms. The summed E-state index contributed by atoms with van der Waals surface area (Å²) in [4.78, 5) is 16.9. The Morgan fingerprint density at radius 2 is 1.86 bits per heavy atom. The number of pyridine rings is 1. The van der Waals surface area contributed by atoms with Crippen molar-refractivity contribution in [2.75, 3.05) is 11.9 Å². The van der Waals surface area contributed by atoms with E-state index in [0.29, 0.717) is 12.4 Å². The third kappa shape index (κ3) is 4.41. The Morgan fingerprint density at radius 1 is 1.06 bits per heavy atom. The average Bonchev–Trinajstić information content (AvgIpc) is 3.30. The van der Waals surface area contributed by atoms with Crippen LogP contribution in [0.25, 0.3) is 38.4 Å². The van der Waals surface area contributed by atoms with Crippen molar-refractivity contribution in [1.29, 1.82) is 0 Å². The Bertz CT molecular complexity index is 1570. The number of ether oxygens (including phenoxy) is 1. The van der Waals surface area contributed by atoms with Gasteiger partial charge in [0.05, 0.1) is 12.9 Å². The van der Waals surface area contributed by atoms with Gasteiger partial charge in [-0.2, -0.15) is 0 Å². The van der Waals surface area contributed by atoms with E-state index in [1.54, 1.807) is 30.7 Å². The van der Waals surface area contributed by atoms with Gasteiger partial charge in [0.2, 0.25) is 5.91 Å². The van der Waals surface area contributed by atoms with Crippen LogP contribution in [0, 0.1) is 6.92 Å². The number of nitrogens with one attached hydrogen (secondary N) is 1. The largest absolute Gasteiger partial charge is 0.493 e. The Balaban J connectivity index is 1.60. The highest BCUT2D eigenvalue weighted by Crippen LogP contribution is 2.41. The minimum atomic E-state index is -0.247. The number of carbonyl (C=O) groups excluding carboxylic acids is 1. The average molecular weight is 463 g/mol. The maximum atomic E-state index is 12.7. The molecular weight excluding hydrogens is 436 g/mol. The molecule has 0 unspecified atom stereocenters. The lowest BCUT2D eigenvalue weighted by atomic mass is 9.95. The minimum Gasteiger partial charge on any atom is -0.493 e. The molecule has 1 amide bonds. The number of furan rings is 1. The molecule has 0 saturated carbocycles. The Labute approximate surface area is 204 Å². The molecular formula is C30H26N2O3. The monoisotopic (exact) mass is 462 g/mol. The van der Waals surface area contributed by atoms with Gasteiger partial charge in [0.25, 0.3) is 0 Å². The number of fused-ring (bicyclic) bond motifs is 2. The van der Waals surface area contributed by atoms with Crippen molar-refractivity contribution in [3.63, 3.8) is 0 Å². The van der Waals surface area contributed by atoms with Crippen molar-refractivity contribution >= 4 is 39.0 Å². The summed E-state index contributed by atoms with van der Waals surface area (Å²) in [5.41, 5.74) is 5.42. The molecule has 5 aromatic rings. The Morgan fingerprint density at radius 3 is 2.63 bits per heavy atom. The van der Waals surface area contributed by atoms with Crippen LogP contribution in [0.1, 0.15) is 25.0 Å². The summed E-state index contributed by atoms with van der Waals surface area (Å²) in [5.74, 6) is 0.980. The zero-order valence-electron chi connectivity index (χ0n) is 20.0. The summed E-state index contributed by atoms with van der Waals surface area (Å²) >= 11 is 0. The van der Waals surface area contributed by atoms with E-state index in [-0.39, 0.29) is 5.91 Å². The first-order valence-electron chi connectivity index (χ1n) is 11.6. The zero-order chi connectivity index (χ0) is 24.4. The topological polar surface area (TPSA) is 64.4 Å². The summed E-state index contributed by atoms with van der Waals surface area (Å²) in [6.45, 7) is 6.36. The van der Waals surface area contributed by atoms with Gasteiger partial charge < -0.3 is 14.5 Å². The molecule has 2 aromatic heterocycles. The molecule has 0 aliphatic heterocycles. The van der Waals surface area contributed by atoms with Crippen LogP contribution >= 0.6 is 0 Å². The highest BCUT2D eigenvalue weighted by Gasteiger charge is 2.19. The molecule has 5 nitrogen and oxygen atoms in total. The number of rotatable bonds is 6. The second kappa shape index (κ2) is 9.47. The van der Waals surface area contributed by atoms with Crippen LogP contribution in [-0.2, 0) is 4.79 Å². The van der Waals surface area contributed by atoms with E-state index >= 15 is 0 Å². The van der Waals surface area contributed by atoms with Crippen molar-refractivity contribution in [2.45, 2.75) is 20.8 Å². The van der Waals surface area contributed by atoms with E-state index in [1.807, 2.05) is 39.0 Å². The number of hydrogen-bond acceptors (Lipinski definition) is 4. The van der Waals surface area contributed by atoms with Gasteiger partial charge >= 0.3 is 0 Å². The molecule has 0 saturated heterocycles. The molecule has 0 atom stereocenters. The Kier molecular flexibility index (Phi) is 6.06. The van der Waals surface area contributed by atoms with Crippen LogP contribution in [0.15, 0.2) is 89.7 Å². The van der Waals surface area contributed by atoms with E-state index in [4.69, 9.17) is 9.15 Å². The van der Waals surface area contributed by atoms with E-state index in [1.165, 1.54) is 10.8 Å². The van der Waals surface area contributed by atoms with Gasteiger partial charge in [-0.3, -0.25) is 4.79 Å². The normalized spacial score (nSPS) is 11.7. The summed E-state index contributed by atoms with van der Waals surface area (Å²) in [6, 6.07) is 22.2. The van der Waals surface area contributed by atoms with Gasteiger partial charge in [-0.1, -0.05) is 42.5 Å². The molecule has 5 rings (SSSR count). The van der Waals surface area contributed by atoms with Crippen LogP contribution in [0.5, 0.6) is 5.75 Å². The van der Waals surface area contributed by atoms with Crippen molar-refractivity contribution < 1.29 is 13.9 Å². The first-order valence-corrected chi connectivity index (χ1v) is 11.6. The Hall–Kier alpha value is -4.38. The van der Waals surface area contributed by atoms with E-state index in [0.717, 1.165) is 44.5 Å². The number of nitrogens with zero attached hydrogens (tertiary/aromatic N) is 1. The number of hydrogen-bond donors (Lipinski definition) is 1. The fourth-order valence-electron chi connectivity index (χ4n) is 4.39. The van der Waals surface area contributed by atoms with Crippen molar-refractivity contribution in [3.8, 4) is 16.9 Å². The lowest BCUT2D eigenvalue weighted by molar-refractivity contribution is -0.111. The number of aromatic nitrogens is 1. The fourth-order valence-corrected chi connectivity index (χ4v) is 4.39. The predicted octanol–water partition coefficient (Wildman–Crippen LogP) is 7.40. The van der Waals surface area contributed by atoms with Crippen LogP contribution < -0.4 is 10.1 Å². The molecule has 3 aromatic carbocycles. The van der Waals surface area contributed by atoms with Gasteiger partial charge in [-0.05, 0) is 66.9 Å². The highest BCUT2D eigenvalue weighted by molar-refractivity contribution is 6.06. The van der Waals surface area contributed by atoms with Crippen molar-refractivity contribution in [2.24, 2.45) is 0 Å². The number of amides is 1. The van der Waals surface area contributed by atoms with E-state index in [9.17, 15) is 4.79 Å². The first kappa shape index (κ1) is 22.4. The molecule has 5 heteroatoms. The summed E-state index contributed by atoms with van der Waals surface area (Å²) in [6.07, 6.45) is 5.02. The second-order valence-electron chi connectivity index (χ2n) is 8.43. The first-order chi connectivity index (χ1) is 17.0. The summed E-state index contributed by atoms with van der Waals surface area (Å²) in [5, 5.41) is 6.15. The predicted molar refractivity (Wildman–Crippen MR) is 142 cm³/mol. The number of anilines is 1. The zero-order valence-corrected chi connectivity index (χ0v) is 20.0. The molecule has 0 aliphatic rings. The van der Waals surface area contributed by atoms with Gasteiger partial charge in [0.15, 0.2) is 0 Å².